The van der Waals surface area contributed by atoms with Crippen molar-refractivity contribution in [1.82, 2.24) is 10.2 Å². The van der Waals surface area contributed by atoms with Crippen LogP contribution in [0.15, 0.2) is 18.2 Å². The van der Waals surface area contributed by atoms with E-state index in [2.05, 4.69) is 5.32 Å². The van der Waals surface area contributed by atoms with Crippen molar-refractivity contribution in [1.29, 1.82) is 0 Å². The van der Waals surface area contributed by atoms with E-state index < -0.39 is 29.9 Å². The van der Waals surface area contributed by atoms with Gasteiger partial charge in [0.1, 0.15) is 12.2 Å². The van der Waals surface area contributed by atoms with Crippen molar-refractivity contribution in [3.8, 4) is 11.5 Å². The molecule has 1 aliphatic heterocycles. The number of hydrogen-bond donors (Lipinski definition) is 3. The van der Waals surface area contributed by atoms with Crippen molar-refractivity contribution in [2.75, 3.05) is 40.5 Å². The van der Waals surface area contributed by atoms with Gasteiger partial charge in [0.2, 0.25) is 0 Å². The fourth-order valence-corrected chi connectivity index (χ4v) is 3.46. The monoisotopic (exact) mass is 440 g/mol. The average Bonchev–Trinajstić information content (AvgIpc) is 2.78. The second-order valence-corrected chi connectivity index (χ2v) is 8.73. The van der Waals surface area contributed by atoms with E-state index in [-0.39, 0.29) is 6.42 Å². The zero-order chi connectivity index (χ0) is 23.0. The van der Waals surface area contributed by atoms with Crippen LogP contribution in [-0.2, 0) is 16.0 Å². The minimum atomic E-state index is -0.847. The van der Waals surface area contributed by atoms with Gasteiger partial charge in [-0.3, -0.25) is 4.90 Å². The van der Waals surface area contributed by atoms with E-state index in [0.717, 1.165) is 5.56 Å². The number of hydrogen-bond acceptors (Lipinski definition) is 8. The number of rotatable bonds is 8. The molecule has 3 N–H and O–H groups in total. The van der Waals surface area contributed by atoms with Gasteiger partial charge in [-0.15, -0.1) is 0 Å². The van der Waals surface area contributed by atoms with Crippen molar-refractivity contribution >= 4 is 6.09 Å². The Bertz CT molecular complexity index is 708. The molecule has 0 saturated carbocycles. The zero-order valence-corrected chi connectivity index (χ0v) is 19.1. The summed E-state index contributed by atoms with van der Waals surface area (Å²) in [5, 5.41) is 23.8. The van der Waals surface area contributed by atoms with E-state index in [1.165, 1.54) is 0 Å². The predicted molar refractivity (Wildman–Crippen MR) is 115 cm³/mol. The van der Waals surface area contributed by atoms with Gasteiger partial charge in [-0.2, -0.15) is 0 Å². The van der Waals surface area contributed by atoms with Crippen molar-refractivity contribution in [3.63, 3.8) is 0 Å². The third-order valence-electron chi connectivity index (χ3n) is 4.79. The minimum absolute atomic E-state index is 0.241. The molecule has 1 aliphatic rings. The van der Waals surface area contributed by atoms with Crippen LogP contribution in [-0.4, -0.2) is 85.6 Å². The van der Waals surface area contributed by atoms with Gasteiger partial charge in [0.05, 0.1) is 32.0 Å². The van der Waals surface area contributed by atoms with Gasteiger partial charge < -0.3 is 34.5 Å². The summed E-state index contributed by atoms with van der Waals surface area (Å²) in [6.45, 7) is 7.34. The number of β-amino-alcohol motifs (C(OH)–C–C–N with tert-alkyl or cyclic N) is 2. The molecule has 3 atom stereocenters. The number of aliphatic hydroxyl groups is 2. The van der Waals surface area contributed by atoms with Crippen LogP contribution in [0.5, 0.6) is 11.5 Å². The highest BCUT2D eigenvalue weighted by molar-refractivity contribution is 5.68. The third kappa shape index (κ3) is 8.53. The molecule has 1 fully saturated rings. The highest BCUT2D eigenvalue weighted by Gasteiger charge is 2.32. The molecule has 0 aliphatic carbocycles. The normalized spacial score (nSPS) is 22.5. The number of nitrogens with zero attached hydrogens (tertiary/aromatic N) is 1. The van der Waals surface area contributed by atoms with Crippen LogP contribution in [0.1, 0.15) is 32.8 Å². The second-order valence-electron chi connectivity index (χ2n) is 8.73. The lowest BCUT2D eigenvalue weighted by Crippen LogP contribution is -2.48. The van der Waals surface area contributed by atoms with E-state index >= 15 is 0 Å². The standard InChI is InChI=1S/C22H36N2O7/c1-22(2,3)31-21(27)23-17-11-16(25)13-24(14-18(17)26)12-15-6-7-19(29-5)20(10-15)30-9-8-28-4/h6-7,10,16-18,25-26H,8-9,11-14H2,1-5H3,(H,23,27)/t16-,17-,18-/m1/s1. The first-order valence-corrected chi connectivity index (χ1v) is 10.5. The van der Waals surface area contributed by atoms with Crippen LogP contribution in [0.4, 0.5) is 4.79 Å². The molecule has 9 heteroatoms. The van der Waals surface area contributed by atoms with Crippen LogP contribution < -0.4 is 14.8 Å². The predicted octanol–water partition coefficient (Wildman–Crippen LogP) is 1.54. The summed E-state index contributed by atoms with van der Waals surface area (Å²) in [4.78, 5) is 14.0. The van der Waals surface area contributed by atoms with Gasteiger partial charge in [-0.25, -0.2) is 4.79 Å². The fraction of sp³-hybridized carbons (Fsp3) is 0.682. The lowest BCUT2D eigenvalue weighted by Gasteiger charge is -2.27. The smallest absolute Gasteiger partial charge is 0.407 e. The van der Waals surface area contributed by atoms with Crippen LogP contribution in [0.2, 0.25) is 0 Å². The highest BCUT2D eigenvalue weighted by Crippen LogP contribution is 2.29. The summed E-state index contributed by atoms with van der Waals surface area (Å²) in [5.74, 6) is 1.23. The maximum absolute atomic E-state index is 12.1. The third-order valence-corrected chi connectivity index (χ3v) is 4.79. The molecule has 0 radical (unpaired) electrons. The molecule has 176 valence electrons. The molecule has 31 heavy (non-hydrogen) atoms. The maximum Gasteiger partial charge on any atom is 0.407 e. The first-order valence-electron chi connectivity index (χ1n) is 10.5. The summed E-state index contributed by atoms with van der Waals surface area (Å²) in [6.07, 6.45) is -1.91. The first-order chi connectivity index (χ1) is 14.6. The highest BCUT2D eigenvalue weighted by atomic mass is 16.6. The van der Waals surface area contributed by atoms with Crippen LogP contribution in [0.25, 0.3) is 0 Å². The fourth-order valence-electron chi connectivity index (χ4n) is 3.46. The lowest BCUT2D eigenvalue weighted by atomic mass is 10.1. The molecule has 1 heterocycles. The number of nitrogens with one attached hydrogen (secondary N) is 1. The molecule has 2 rings (SSSR count). The number of benzene rings is 1. The first kappa shape index (κ1) is 25.2. The summed E-state index contributed by atoms with van der Waals surface area (Å²) >= 11 is 0. The van der Waals surface area contributed by atoms with E-state index in [1.54, 1.807) is 35.0 Å². The second kappa shape index (κ2) is 11.5. The van der Waals surface area contributed by atoms with Gasteiger partial charge in [-0.05, 0) is 44.9 Å². The van der Waals surface area contributed by atoms with Crippen LogP contribution in [0.3, 0.4) is 0 Å². The number of methoxy groups -OCH3 is 2. The summed E-state index contributed by atoms with van der Waals surface area (Å²) in [6, 6.07) is 5.03. The molecule has 0 bridgehead atoms. The average molecular weight is 441 g/mol. The largest absolute Gasteiger partial charge is 0.493 e. The molecule has 0 unspecified atom stereocenters. The quantitative estimate of drug-likeness (QED) is 0.523. The molecule has 0 aromatic heterocycles. The Morgan fingerprint density at radius 3 is 2.55 bits per heavy atom. The minimum Gasteiger partial charge on any atom is -0.493 e. The summed E-state index contributed by atoms with van der Waals surface area (Å²) < 4.78 is 21.4. The Morgan fingerprint density at radius 1 is 1.16 bits per heavy atom. The molecular weight excluding hydrogens is 404 g/mol. The number of alkyl carbamates (subject to hydrolysis) is 1. The number of carbonyl (C=O) groups is 1. The molecule has 0 spiro atoms. The number of amides is 1. The van der Waals surface area contributed by atoms with Crippen LogP contribution in [0, 0.1) is 0 Å². The molecule has 9 nitrogen and oxygen atoms in total. The Morgan fingerprint density at radius 2 is 1.90 bits per heavy atom. The van der Waals surface area contributed by atoms with Gasteiger partial charge >= 0.3 is 6.09 Å². The van der Waals surface area contributed by atoms with Crippen LogP contribution >= 0.6 is 0 Å². The molecule has 1 aromatic carbocycles. The van der Waals surface area contributed by atoms with Crippen molar-refractivity contribution < 1.29 is 34.0 Å². The topological polar surface area (TPSA) is 110 Å². The zero-order valence-electron chi connectivity index (χ0n) is 19.1. The van der Waals surface area contributed by atoms with Crippen molar-refractivity contribution in [3.05, 3.63) is 23.8 Å². The van der Waals surface area contributed by atoms with Gasteiger partial charge in [0, 0.05) is 26.7 Å². The molecular formula is C22H36N2O7. The Kier molecular flexibility index (Phi) is 9.36. The van der Waals surface area contributed by atoms with Gasteiger partial charge in [-0.1, -0.05) is 6.07 Å². The Hall–Kier alpha value is -2.07. The number of likely N-dealkylation sites (tertiary alicyclic amines) is 1. The SMILES string of the molecule is COCCOc1cc(CN2C[C@H](O)C[C@@H](NC(=O)OC(C)(C)C)[C@H](O)C2)ccc1OC. The number of ether oxygens (including phenoxy) is 4. The maximum atomic E-state index is 12.1. The Labute approximate surface area is 184 Å². The van der Waals surface area contributed by atoms with E-state index in [1.807, 2.05) is 23.1 Å². The van der Waals surface area contributed by atoms with E-state index in [9.17, 15) is 15.0 Å². The molecule has 1 amide bonds. The van der Waals surface area contributed by atoms with Gasteiger partial charge in [0.25, 0.3) is 0 Å². The van der Waals surface area contributed by atoms with Gasteiger partial charge in [0.15, 0.2) is 11.5 Å². The van der Waals surface area contributed by atoms with E-state index in [4.69, 9.17) is 18.9 Å². The van der Waals surface area contributed by atoms with Crippen molar-refractivity contribution in [2.45, 2.75) is 57.6 Å². The molecule has 1 saturated heterocycles. The molecule has 1 aromatic rings. The summed E-state index contributed by atoms with van der Waals surface area (Å²) in [7, 11) is 3.19. The number of aliphatic hydroxyl groups excluding tert-OH is 2. The number of carbonyl (C=O) groups excluding carboxylic acids is 1. The lowest BCUT2D eigenvalue weighted by molar-refractivity contribution is 0.0384. The van der Waals surface area contributed by atoms with E-state index in [0.29, 0.717) is 44.3 Å². The summed E-state index contributed by atoms with van der Waals surface area (Å²) in [5.41, 5.74) is 0.313. The Balaban J connectivity index is 2.03. The van der Waals surface area contributed by atoms with Crippen molar-refractivity contribution in [2.24, 2.45) is 0 Å².